The summed E-state index contributed by atoms with van der Waals surface area (Å²) in [5.74, 6) is -0.373. The number of fused-ring (bicyclic) bond motifs is 2. The molecule has 2 aliphatic heterocycles. The molecule has 2 unspecified atom stereocenters. The number of nitrogens with one attached hydrogen (secondary N) is 1. The Morgan fingerprint density at radius 2 is 1.83 bits per heavy atom. The third-order valence-electron chi connectivity index (χ3n) is 8.28. The van der Waals surface area contributed by atoms with E-state index in [1.54, 1.807) is 4.68 Å². The van der Waals surface area contributed by atoms with Crippen molar-refractivity contribution in [2.75, 3.05) is 13.1 Å². The van der Waals surface area contributed by atoms with Crippen LogP contribution in [-0.2, 0) is 23.2 Å². The van der Waals surface area contributed by atoms with Gasteiger partial charge in [0.15, 0.2) is 5.78 Å². The van der Waals surface area contributed by atoms with Gasteiger partial charge in [0, 0.05) is 34.0 Å². The number of aryl methyl sites for hydroxylation is 2. The summed E-state index contributed by atoms with van der Waals surface area (Å²) in [5.41, 5.74) is 3.77. The standard InChI is InChI=1S/C27H29ClN4O3S/c1-13-9-15(28)10-17(19(13)23(33)14-5-7-29-8-6-14)22-24-18(30-31(22)4)11-16(36-24)12-32-25(34)20-21(26(32)35)27(20,2)3/h9-11,14,20-21,29H,5-8,12H2,1-4H3. The van der Waals surface area contributed by atoms with Gasteiger partial charge in [0.2, 0.25) is 11.8 Å². The first-order chi connectivity index (χ1) is 17.1. The average molecular weight is 525 g/mol. The van der Waals surface area contributed by atoms with Crippen molar-refractivity contribution < 1.29 is 14.4 Å². The molecule has 0 bridgehead atoms. The SMILES string of the molecule is Cc1cc(Cl)cc(-c2c3sc(CN4C(=O)C5C(C4=O)C5(C)C)cc3nn2C)c1C(=O)C1CCNCC1. The van der Waals surface area contributed by atoms with Gasteiger partial charge < -0.3 is 5.32 Å². The summed E-state index contributed by atoms with van der Waals surface area (Å²) >= 11 is 8.02. The van der Waals surface area contributed by atoms with Crippen molar-refractivity contribution in [3.8, 4) is 11.3 Å². The maximum absolute atomic E-state index is 13.7. The van der Waals surface area contributed by atoms with Crippen molar-refractivity contribution in [2.45, 2.75) is 40.2 Å². The largest absolute Gasteiger partial charge is 0.317 e. The lowest BCUT2D eigenvalue weighted by atomic mass is 9.85. The fourth-order valence-corrected chi connectivity index (χ4v) is 7.71. The highest BCUT2D eigenvalue weighted by atomic mass is 35.5. The Kier molecular flexibility index (Phi) is 5.45. The van der Waals surface area contributed by atoms with E-state index in [0.717, 1.165) is 57.8 Å². The summed E-state index contributed by atoms with van der Waals surface area (Å²) in [6.07, 6.45) is 1.64. The number of thiophene rings is 1. The summed E-state index contributed by atoms with van der Waals surface area (Å²) in [6, 6.07) is 5.66. The number of carbonyl (C=O) groups excluding carboxylic acids is 3. The van der Waals surface area contributed by atoms with Crippen LogP contribution in [0.25, 0.3) is 21.5 Å². The molecule has 3 aromatic rings. The number of benzene rings is 1. The zero-order valence-electron chi connectivity index (χ0n) is 20.9. The molecular weight excluding hydrogens is 496 g/mol. The molecule has 9 heteroatoms. The molecule has 3 fully saturated rings. The second-order valence-electron chi connectivity index (χ2n) is 11.0. The summed E-state index contributed by atoms with van der Waals surface area (Å²) in [4.78, 5) is 41.7. The minimum Gasteiger partial charge on any atom is -0.317 e. The van der Waals surface area contributed by atoms with Crippen molar-refractivity contribution >= 4 is 50.8 Å². The van der Waals surface area contributed by atoms with E-state index in [9.17, 15) is 14.4 Å². The maximum Gasteiger partial charge on any atom is 0.234 e. The number of likely N-dealkylation sites (tertiary alicyclic amines) is 1. The Labute approximate surface area is 218 Å². The molecule has 1 saturated carbocycles. The number of amides is 2. The number of piperidine rings is 2. The van der Waals surface area contributed by atoms with Crippen molar-refractivity contribution in [3.63, 3.8) is 0 Å². The maximum atomic E-state index is 13.7. The van der Waals surface area contributed by atoms with Gasteiger partial charge in [-0.15, -0.1) is 11.3 Å². The lowest BCUT2D eigenvalue weighted by Gasteiger charge is -2.23. The molecule has 2 atom stereocenters. The van der Waals surface area contributed by atoms with Crippen LogP contribution in [0.4, 0.5) is 0 Å². The highest BCUT2D eigenvalue weighted by Crippen LogP contribution is 2.63. The number of Topliss-reactive ketones (excluding diaryl/α,β-unsaturated/α-hetero) is 1. The van der Waals surface area contributed by atoms with Gasteiger partial charge in [-0.3, -0.25) is 24.0 Å². The molecular formula is C27H29ClN4O3S. The van der Waals surface area contributed by atoms with Gasteiger partial charge in [0.25, 0.3) is 0 Å². The summed E-state index contributed by atoms with van der Waals surface area (Å²) in [5, 5.41) is 8.62. The van der Waals surface area contributed by atoms with Crippen molar-refractivity contribution in [1.29, 1.82) is 0 Å². The number of hydrogen-bond acceptors (Lipinski definition) is 6. The monoisotopic (exact) mass is 524 g/mol. The highest BCUT2D eigenvalue weighted by Gasteiger charge is 2.72. The van der Waals surface area contributed by atoms with Crippen LogP contribution in [0.15, 0.2) is 18.2 Å². The number of ketones is 1. The van der Waals surface area contributed by atoms with Crippen LogP contribution in [0.3, 0.4) is 0 Å². The van der Waals surface area contributed by atoms with E-state index in [1.165, 1.54) is 16.2 Å². The third kappa shape index (κ3) is 3.49. The molecule has 2 aromatic heterocycles. The Hall–Kier alpha value is -2.55. The molecule has 6 rings (SSSR count). The molecule has 188 valence electrons. The van der Waals surface area contributed by atoms with Crippen LogP contribution in [0.5, 0.6) is 0 Å². The first-order valence-corrected chi connectivity index (χ1v) is 13.6. The molecule has 2 amide bonds. The van der Waals surface area contributed by atoms with E-state index in [-0.39, 0.29) is 47.3 Å². The summed E-state index contributed by atoms with van der Waals surface area (Å²) in [7, 11) is 1.87. The summed E-state index contributed by atoms with van der Waals surface area (Å²) < 4.78 is 2.73. The number of halogens is 1. The smallest absolute Gasteiger partial charge is 0.234 e. The Morgan fingerprint density at radius 3 is 2.50 bits per heavy atom. The third-order valence-corrected chi connectivity index (χ3v) is 9.61. The van der Waals surface area contributed by atoms with Crippen LogP contribution < -0.4 is 5.32 Å². The van der Waals surface area contributed by atoms with Crippen LogP contribution >= 0.6 is 22.9 Å². The molecule has 3 aliphatic rings. The number of hydrogen-bond donors (Lipinski definition) is 1. The molecule has 7 nitrogen and oxygen atoms in total. The van der Waals surface area contributed by atoms with Crippen LogP contribution in [0.1, 0.15) is 47.5 Å². The lowest BCUT2D eigenvalue weighted by Crippen LogP contribution is -2.35. The second-order valence-corrected chi connectivity index (χ2v) is 12.5. The van der Waals surface area contributed by atoms with Crippen LogP contribution in [-0.4, -0.2) is 45.4 Å². The normalized spacial score (nSPS) is 23.5. The van der Waals surface area contributed by atoms with Gasteiger partial charge in [0.05, 0.1) is 28.8 Å². The summed E-state index contributed by atoms with van der Waals surface area (Å²) in [6.45, 7) is 7.86. The van der Waals surface area contributed by atoms with E-state index in [2.05, 4.69) is 5.32 Å². The number of aromatic nitrogens is 2. The fourth-order valence-electron chi connectivity index (χ4n) is 6.27. The van der Waals surface area contributed by atoms with E-state index in [0.29, 0.717) is 10.6 Å². The van der Waals surface area contributed by atoms with Crippen molar-refractivity contribution in [3.05, 3.63) is 39.2 Å². The first kappa shape index (κ1) is 23.8. The topological polar surface area (TPSA) is 84.3 Å². The number of nitrogens with zero attached hydrogens (tertiary/aromatic N) is 3. The van der Waals surface area contributed by atoms with Crippen LogP contribution in [0.2, 0.25) is 5.02 Å². The average Bonchev–Trinajstić information content (AvgIpc) is 3.06. The lowest BCUT2D eigenvalue weighted by molar-refractivity contribution is -0.143. The number of carbonyl (C=O) groups is 3. The van der Waals surface area contributed by atoms with Gasteiger partial charge in [-0.1, -0.05) is 25.4 Å². The quantitative estimate of drug-likeness (QED) is 0.390. The van der Waals surface area contributed by atoms with Gasteiger partial charge in [-0.2, -0.15) is 5.10 Å². The van der Waals surface area contributed by atoms with Crippen molar-refractivity contribution in [1.82, 2.24) is 20.0 Å². The Bertz CT molecular complexity index is 1420. The zero-order chi connectivity index (χ0) is 25.5. The predicted molar refractivity (Wildman–Crippen MR) is 140 cm³/mol. The van der Waals surface area contributed by atoms with E-state index in [4.69, 9.17) is 16.7 Å². The number of imide groups is 1. The van der Waals surface area contributed by atoms with Gasteiger partial charge >= 0.3 is 0 Å². The van der Waals surface area contributed by atoms with Crippen molar-refractivity contribution in [2.24, 2.45) is 30.2 Å². The van der Waals surface area contributed by atoms with Gasteiger partial charge in [-0.05, 0) is 62.0 Å². The molecule has 1 aromatic carbocycles. The fraction of sp³-hybridized carbons (Fsp3) is 0.481. The van der Waals surface area contributed by atoms with E-state index < -0.39 is 0 Å². The molecule has 1 aliphatic carbocycles. The first-order valence-electron chi connectivity index (χ1n) is 12.5. The molecule has 2 saturated heterocycles. The molecule has 0 radical (unpaired) electrons. The van der Waals surface area contributed by atoms with Gasteiger partial charge in [-0.25, -0.2) is 0 Å². The highest BCUT2D eigenvalue weighted by molar-refractivity contribution is 7.19. The van der Waals surface area contributed by atoms with E-state index in [1.807, 2.05) is 46.0 Å². The second kappa shape index (κ2) is 8.23. The minimum atomic E-state index is -0.220. The molecule has 1 N–H and O–H groups in total. The zero-order valence-corrected chi connectivity index (χ0v) is 22.4. The molecule has 36 heavy (non-hydrogen) atoms. The van der Waals surface area contributed by atoms with Gasteiger partial charge in [0.1, 0.15) is 5.52 Å². The molecule has 4 heterocycles. The Balaban J connectivity index is 1.38. The van der Waals surface area contributed by atoms with Crippen LogP contribution in [0, 0.1) is 30.1 Å². The predicted octanol–water partition coefficient (Wildman–Crippen LogP) is 4.59. The molecule has 0 spiro atoms. The number of rotatable bonds is 5. The Morgan fingerprint density at radius 1 is 1.17 bits per heavy atom. The van der Waals surface area contributed by atoms with E-state index >= 15 is 0 Å². The minimum absolute atomic E-state index is 0.0182.